The summed E-state index contributed by atoms with van der Waals surface area (Å²) in [6.45, 7) is 7.67. The van der Waals surface area contributed by atoms with E-state index in [1.165, 1.54) is 30.2 Å². The first kappa shape index (κ1) is 14.6. The lowest BCUT2D eigenvalue weighted by Gasteiger charge is -2.28. The number of carboxylic acid groups (broad SMARTS) is 1. The predicted octanol–water partition coefficient (Wildman–Crippen LogP) is 3.72. The fraction of sp³-hybridized carbons (Fsp3) is 0.471. The van der Waals surface area contributed by atoms with Gasteiger partial charge >= 0.3 is 5.97 Å². The van der Waals surface area contributed by atoms with Gasteiger partial charge in [-0.15, -0.1) is 0 Å². The molecule has 0 atom stereocenters. The summed E-state index contributed by atoms with van der Waals surface area (Å²) in [6, 6.07) is 6.87. The van der Waals surface area contributed by atoms with Crippen molar-refractivity contribution < 1.29 is 9.90 Å². The van der Waals surface area contributed by atoms with Crippen molar-refractivity contribution in [3.05, 3.63) is 35.4 Å². The number of hydrogen-bond acceptors (Lipinski definition) is 2. The molecule has 0 unspecified atom stereocenters. The Morgan fingerprint density at radius 2 is 2.15 bits per heavy atom. The number of anilines is 1. The van der Waals surface area contributed by atoms with Gasteiger partial charge in [0.1, 0.15) is 0 Å². The maximum atomic E-state index is 10.6. The summed E-state index contributed by atoms with van der Waals surface area (Å²) >= 11 is 0. The molecule has 0 radical (unpaired) electrons. The molecule has 1 aliphatic rings. The molecule has 1 N–H and O–H groups in total. The van der Waals surface area contributed by atoms with Crippen LogP contribution < -0.4 is 4.90 Å². The SMILES string of the molecule is Cc1cc(C=CC(=O)O)ccc1N(CC(C)C)C1CC1. The Hall–Kier alpha value is -1.77. The van der Waals surface area contributed by atoms with Gasteiger partial charge in [-0.25, -0.2) is 4.79 Å². The maximum Gasteiger partial charge on any atom is 0.328 e. The summed E-state index contributed by atoms with van der Waals surface area (Å²) in [5, 5.41) is 8.67. The Bertz CT molecular complexity index is 516. The van der Waals surface area contributed by atoms with Gasteiger partial charge in [-0.05, 0) is 55.0 Å². The number of aliphatic carboxylic acids is 1. The summed E-state index contributed by atoms with van der Waals surface area (Å²) in [7, 11) is 0. The Labute approximate surface area is 120 Å². The minimum atomic E-state index is -0.911. The lowest BCUT2D eigenvalue weighted by atomic mass is 10.1. The van der Waals surface area contributed by atoms with Crippen molar-refractivity contribution in [2.45, 2.75) is 39.7 Å². The Morgan fingerprint density at radius 3 is 2.65 bits per heavy atom. The van der Waals surface area contributed by atoms with E-state index >= 15 is 0 Å². The van der Waals surface area contributed by atoms with Gasteiger partial charge in [0.2, 0.25) is 0 Å². The lowest BCUT2D eigenvalue weighted by molar-refractivity contribution is -0.131. The van der Waals surface area contributed by atoms with Crippen LogP contribution in [0.25, 0.3) is 6.08 Å². The largest absolute Gasteiger partial charge is 0.478 e. The molecule has 1 saturated carbocycles. The molecule has 3 heteroatoms. The molecule has 0 heterocycles. The smallest absolute Gasteiger partial charge is 0.328 e. The van der Waals surface area contributed by atoms with Crippen LogP contribution in [-0.2, 0) is 4.79 Å². The van der Waals surface area contributed by atoms with E-state index < -0.39 is 5.97 Å². The van der Waals surface area contributed by atoms with Crippen LogP contribution in [0, 0.1) is 12.8 Å². The molecule has 2 rings (SSSR count). The average molecular weight is 273 g/mol. The molecule has 0 bridgehead atoms. The van der Waals surface area contributed by atoms with E-state index in [0.717, 1.165) is 12.1 Å². The van der Waals surface area contributed by atoms with Crippen LogP contribution in [0.2, 0.25) is 0 Å². The number of nitrogens with zero attached hydrogens (tertiary/aromatic N) is 1. The second kappa shape index (κ2) is 6.12. The first-order chi connectivity index (χ1) is 9.47. The molecule has 108 valence electrons. The van der Waals surface area contributed by atoms with Gasteiger partial charge in [0.25, 0.3) is 0 Å². The van der Waals surface area contributed by atoms with E-state index in [4.69, 9.17) is 5.11 Å². The third kappa shape index (κ3) is 3.86. The molecular weight excluding hydrogens is 250 g/mol. The van der Waals surface area contributed by atoms with Crippen molar-refractivity contribution in [3.8, 4) is 0 Å². The summed E-state index contributed by atoms with van der Waals surface area (Å²) < 4.78 is 0. The highest BCUT2D eigenvalue weighted by Crippen LogP contribution is 2.34. The van der Waals surface area contributed by atoms with Crippen LogP contribution >= 0.6 is 0 Å². The average Bonchev–Trinajstić information content (AvgIpc) is 3.18. The van der Waals surface area contributed by atoms with Crippen LogP contribution in [0.1, 0.15) is 37.8 Å². The zero-order chi connectivity index (χ0) is 14.7. The quantitative estimate of drug-likeness (QED) is 0.803. The van der Waals surface area contributed by atoms with Gasteiger partial charge in [0.15, 0.2) is 0 Å². The monoisotopic (exact) mass is 273 g/mol. The van der Waals surface area contributed by atoms with Crippen LogP contribution in [0.4, 0.5) is 5.69 Å². The van der Waals surface area contributed by atoms with Gasteiger partial charge in [-0.1, -0.05) is 19.9 Å². The predicted molar refractivity (Wildman–Crippen MR) is 83.1 cm³/mol. The Kier molecular flexibility index (Phi) is 4.48. The first-order valence-electron chi connectivity index (χ1n) is 7.25. The fourth-order valence-electron chi connectivity index (χ4n) is 2.50. The number of aryl methyl sites for hydroxylation is 1. The highest BCUT2D eigenvalue weighted by atomic mass is 16.4. The third-order valence-electron chi connectivity index (χ3n) is 3.50. The summed E-state index contributed by atoms with van der Waals surface area (Å²) in [5.74, 6) is -0.271. The van der Waals surface area contributed by atoms with Crippen molar-refractivity contribution in [2.24, 2.45) is 5.92 Å². The van der Waals surface area contributed by atoms with Gasteiger partial charge in [0, 0.05) is 24.4 Å². The number of carboxylic acids is 1. The van der Waals surface area contributed by atoms with Gasteiger partial charge in [-0.2, -0.15) is 0 Å². The van der Waals surface area contributed by atoms with Crippen molar-refractivity contribution in [3.63, 3.8) is 0 Å². The maximum absolute atomic E-state index is 10.6. The van der Waals surface area contributed by atoms with E-state index in [0.29, 0.717) is 12.0 Å². The van der Waals surface area contributed by atoms with Gasteiger partial charge in [-0.3, -0.25) is 0 Å². The number of hydrogen-bond donors (Lipinski definition) is 1. The molecule has 3 nitrogen and oxygen atoms in total. The standard InChI is InChI=1S/C17H23NO2/c1-12(2)11-18(15-6-7-15)16-8-4-14(10-13(16)3)5-9-17(19)20/h4-5,8-10,12,15H,6-7,11H2,1-3H3,(H,19,20). The van der Waals surface area contributed by atoms with Crippen molar-refractivity contribution >= 4 is 17.7 Å². The first-order valence-corrected chi connectivity index (χ1v) is 7.25. The molecule has 0 spiro atoms. The third-order valence-corrected chi connectivity index (χ3v) is 3.50. The van der Waals surface area contributed by atoms with Crippen LogP contribution in [0.5, 0.6) is 0 Å². The minimum absolute atomic E-state index is 0.640. The lowest BCUT2D eigenvalue weighted by Crippen LogP contribution is -2.30. The molecule has 1 fully saturated rings. The zero-order valence-electron chi connectivity index (χ0n) is 12.5. The van der Waals surface area contributed by atoms with Crippen molar-refractivity contribution in [2.75, 3.05) is 11.4 Å². The van der Waals surface area contributed by atoms with Gasteiger partial charge < -0.3 is 10.0 Å². The van der Waals surface area contributed by atoms with E-state index in [9.17, 15) is 4.79 Å². The van der Waals surface area contributed by atoms with Crippen molar-refractivity contribution in [1.82, 2.24) is 0 Å². The summed E-state index contributed by atoms with van der Waals surface area (Å²) in [5.41, 5.74) is 3.44. The molecule has 0 amide bonds. The molecule has 20 heavy (non-hydrogen) atoms. The van der Waals surface area contributed by atoms with Crippen LogP contribution in [0.15, 0.2) is 24.3 Å². The van der Waals surface area contributed by atoms with Crippen LogP contribution in [-0.4, -0.2) is 23.7 Å². The fourth-order valence-corrected chi connectivity index (χ4v) is 2.50. The molecule has 1 aliphatic carbocycles. The number of benzene rings is 1. The van der Waals surface area contributed by atoms with Crippen LogP contribution in [0.3, 0.4) is 0 Å². The second-order valence-electron chi connectivity index (χ2n) is 5.99. The molecular formula is C17H23NO2. The van der Waals surface area contributed by atoms with E-state index in [1.54, 1.807) is 6.08 Å². The minimum Gasteiger partial charge on any atom is -0.478 e. The van der Waals surface area contributed by atoms with E-state index in [2.05, 4.69) is 37.8 Å². The second-order valence-corrected chi connectivity index (χ2v) is 5.99. The van der Waals surface area contributed by atoms with E-state index in [1.807, 2.05) is 6.07 Å². The summed E-state index contributed by atoms with van der Waals surface area (Å²) in [4.78, 5) is 13.1. The number of carbonyl (C=O) groups is 1. The summed E-state index contributed by atoms with van der Waals surface area (Å²) in [6.07, 6.45) is 5.39. The van der Waals surface area contributed by atoms with E-state index in [-0.39, 0.29) is 0 Å². The molecule has 1 aromatic rings. The topological polar surface area (TPSA) is 40.5 Å². The van der Waals surface area contributed by atoms with Crippen molar-refractivity contribution in [1.29, 1.82) is 0 Å². The highest BCUT2D eigenvalue weighted by Gasteiger charge is 2.30. The molecule has 0 aliphatic heterocycles. The Morgan fingerprint density at radius 1 is 1.45 bits per heavy atom. The number of rotatable bonds is 6. The normalized spacial score (nSPS) is 15.0. The molecule has 0 saturated heterocycles. The van der Waals surface area contributed by atoms with Gasteiger partial charge in [0.05, 0.1) is 0 Å². The Balaban J connectivity index is 2.21. The zero-order valence-corrected chi connectivity index (χ0v) is 12.5. The molecule has 0 aromatic heterocycles. The molecule has 1 aromatic carbocycles. The highest BCUT2D eigenvalue weighted by molar-refractivity contribution is 5.85.